The van der Waals surface area contributed by atoms with Crippen molar-refractivity contribution in [2.75, 3.05) is 23.7 Å². The highest BCUT2D eigenvalue weighted by molar-refractivity contribution is 9.10. The molecule has 0 N–H and O–H groups in total. The monoisotopic (exact) mass is 433 g/mol. The minimum atomic E-state index is -3.72. The van der Waals surface area contributed by atoms with Crippen LogP contribution in [0.15, 0.2) is 27.6 Å². The van der Waals surface area contributed by atoms with Gasteiger partial charge in [-0.3, -0.25) is 4.79 Å². The van der Waals surface area contributed by atoms with Crippen LogP contribution in [0, 0.1) is 0 Å². The predicted octanol–water partition coefficient (Wildman–Crippen LogP) is 4.19. The summed E-state index contributed by atoms with van der Waals surface area (Å²) in [6.45, 7) is 11.1. The van der Waals surface area contributed by atoms with Crippen LogP contribution in [-0.2, 0) is 19.4 Å². The van der Waals surface area contributed by atoms with E-state index in [1.807, 2.05) is 13.8 Å². The van der Waals surface area contributed by atoms with E-state index in [2.05, 4.69) is 20.8 Å². The van der Waals surface area contributed by atoms with Crippen LogP contribution in [0.4, 0.5) is 5.69 Å². The first kappa shape index (κ1) is 22.0. The zero-order chi connectivity index (χ0) is 19.3. The summed E-state index contributed by atoms with van der Waals surface area (Å²) < 4.78 is 30.6. The smallest absolute Gasteiger partial charge is 0.322 e. The van der Waals surface area contributed by atoms with Crippen molar-refractivity contribution in [3.63, 3.8) is 0 Å². The Balaban J connectivity index is 0.00000151. The molecule has 1 aromatic rings. The van der Waals surface area contributed by atoms with Crippen molar-refractivity contribution in [2.24, 2.45) is 0 Å². The highest BCUT2D eigenvalue weighted by Gasteiger charge is 2.25. The number of carbonyl (C=O) groups is 1. The van der Waals surface area contributed by atoms with Crippen LogP contribution in [0.1, 0.15) is 47.5 Å². The van der Waals surface area contributed by atoms with E-state index in [1.54, 1.807) is 39.0 Å². The third-order valence-corrected chi connectivity index (χ3v) is 5.68. The average Bonchev–Trinajstić information content (AvgIpc) is 3.00. The van der Waals surface area contributed by atoms with Gasteiger partial charge in [0.15, 0.2) is 15.6 Å². The van der Waals surface area contributed by atoms with E-state index in [1.165, 1.54) is 0 Å². The molecular formula is C18H28BrNO4S. The Kier molecular flexibility index (Phi) is 7.93. The second-order valence-electron chi connectivity index (χ2n) is 6.65. The molecule has 25 heavy (non-hydrogen) atoms. The number of rotatable bonds is 4. The summed E-state index contributed by atoms with van der Waals surface area (Å²) in [4.78, 5) is 14.1. The van der Waals surface area contributed by atoms with Crippen LogP contribution in [0.5, 0.6) is 0 Å². The van der Waals surface area contributed by atoms with Crippen LogP contribution < -0.4 is 4.90 Å². The quantitative estimate of drug-likeness (QED) is 0.665. The van der Waals surface area contributed by atoms with E-state index in [0.717, 1.165) is 36.1 Å². The molecule has 1 aromatic carbocycles. The first-order valence-corrected chi connectivity index (χ1v) is 11.0. The summed E-state index contributed by atoms with van der Waals surface area (Å²) in [6.07, 6.45) is 2.29. The maximum Gasteiger partial charge on any atom is 0.322 e. The van der Waals surface area contributed by atoms with Gasteiger partial charge in [-0.15, -0.1) is 0 Å². The predicted molar refractivity (Wildman–Crippen MR) is 105 cm³/mol. The molecule has 2 rings (SSSR count). The molecule has 1 aliphatic heterocycles. The Bertz CT molecular complexity index is 690. The molecule has 0 radical (unpaired) electrons. The number of esters is 1. The Morgan fingerprint density at radius 1 is 1.20 bits per heavy atom. The normalized spacial score (nSPS) is 14.7. The first-order chi connectivity index (χ1) is 11.6. The Hall–Kier alpha value is -1.08. The Morgan fingerprint density at radius 2 is 1.76 bits per heavy atom. The Morgan fingerprint density at radius 3 is 2.24 bits per heavy atom. The van der Waals surface area contributed by atoms with Crippen molar-refractivity contribution in [3.05, 3.63) is 22.7 Å². The summed E-state index contributed by atoms with van der Waals surface area (Å²) in [6, 6.07) is 4.91. The van der Waals surface area contributed by atoms with Gasteiger partial charge in [0.1, 0.15) is 5.60 Å². The number of carbonyl (C=O) groups excluding carboxylic acids is 1. The summed E-state index contributed by atoms with van der Waals surface area (Å²) in [5, 5.41) is 0. The molecule has 7 heteroatoms. The van der Waals surface area contributed by atoms with E-state index in [0.29, 0.717) is 0 Å². The van der Waals surface area contributed by atoms with Crippen LogP contribution in [0.3, 0.4) is 0 Å². The lowest BCUT2D eigenvalue weighted by atomic mass is 10.2. The fraction of sp³-hybridized carbons (Fsp3) is 0.611. The lowest BCUT2D eigenvalue weighted by Gasteiger charge is -2.20. The van der Waals surface area contributed by atoms with Gasteiger partial charge < -0.3 is 9.64 Å². The maximum absolute atomic E-state index is 12.4. The van der Waals surface area contributed by atoms with Gasteiger partial charge in [0.25, 0.3) is 0 Å². The molecule has 0 saturated carbocycles. The molecule has 5 nitrogen and oxygen atoms in total. The van der Waals surface area contributed by atoms with Gasteiger partial charge in [-0.05, 0) is 67.7 Å². The van der Waals surface area contributed by atoms with Crippen molar-refractivity contribution >= 4 is 37.4 Å². The third-order valence-electron chi connectivity index (χ3n) is 3.45. The number of hydrogen-bond donors (Lipinski definition) is 0. The average molecular weight is 434 g/mol. The zero-order valence-electron chi connectivity index (χ0n) is 15.6. The van der Waals surface area contributed by atoms with Crippen molar-refractivity contribution in [2.45, 2.75) is 58.0 Å². The van der Waals surface area contributed by atoms with Gasteiger partial charge >= 0.3 is 5.97 Å². The third kappa shape index (κ3) is 6.62. The van der Waals surface area contributed by atoms with E-state index in [-0.39, 0.29) is 4.90 Å². The lowest BCUT2D eigenvalue weighted by Crippen LogP contribution is -2.28. The number of halogens is 1. The fourth-order valence-electron chi connectivity index (χ4n) is 2.51. The van der Waals surface area contributed by atoms with Crippen molar-refractivity contribution in [1.82, 2.24) is 0 Å². The highest BCUT2D eigenvalue weighted by atomic mass is 79.9. The first-order valence-electron chi connectivity index (χ1n) is 8.58. The molecular weight excluding hydrogens is 406 g/mol. The van der Waals surface area contributed by atoms with Crippen LogP contribution in [-0.4, -0.2) is 38.8 Å². The molecule has 0 amide bonds. The van der Waals surface area contributed by atoms with E-state index in [4.69, 9.17) is 4.74 Å². The van der Waals surface area contributed by atoms with E-state index in [9.17, 15) is 13.2 Å². The summed E-state index contributed by atoms with van der Waals surface area (Å²) in [7, 11) is -3.72. The van der Waals surface area contributed by atoms with E-state index >= 15 is 0 Å². The topological polar surface area (TPSA) is 63.7 Å². The molecule has 1 heterocycles. The number of sulfone groups is 1. The summed E-state index contributed by atoms with van der Waals surface area (Å²) in [5.41, 5.74) is 0.283. The number of nitrogens with zero attached hydrogens (tertiary/aromatic N) is 1. The largest absolute Gasteiger partial charge is 0.459 e. The molecule has 0 atom stereocenters. The van der Waals surface area contributed by atoms with Gasteiger partial charge in [0, 0.05) is 17.6 Å². The van der Waals surface area contributed by atoms with Crippen molar-refractivity contribution in [1.29, 1.82) is 0 Å². The molecule has 1 fully saturated rings. The highest BCUT2D eigenvalue weighted by Crippen LogP contribution is 2.31. The minimum absolute atomic E-state index is 0.123. The molecule has 0 spiro atoms. The molecule has 0 aliphatic carbocycles. The SMILES string of the molecule is CC.CC(C)(C)OC(=O)CS(=O)(=O)c1ccc(N2CCCC2)c(Br)c1. The summed E-state index contributed by atoms with van der Waals surface area (Å²) in [5.74, 6) is -1.39. The molecule has 0 unspecified atom stereocenters. The Labute approximate surface area is 159 Å². The number of benzene rings is 1. The van der Waals surface area contributed by atoms with Crippen LogP contribution >= 0.6 is 15.9 Å². The number of anilines is 1. The van der Waals surface area contributed by atoms with Gasteiger partial charge in [-0.2, -0.15) is 0 Å². The van der Waals surface area contributed by atoms with Gasteiger partial charge in [-0.1, -0.05) is 13.8 Å². The molecule has 1 saturated heterocycles. The molecule has 0 bridgehead atoms. The number of hydrogen-bond acceptors (Lipinski definition) is 5. The van der Waals surface area contributed by atoms with Crippen LogP contribution in [0.25, 0.3) is 0 Å². The fourth-order valence-corrected chi connectivity index (χ4v) is 4.39. The number of ether oxygens (including phenoxy) is 1. The zero-order valence-corrected chi connectivity index (χ0v) is 18.0. The van der Waals surface area contributed by atoms with Gasteiger partial charge in [0.05, 0.1) is 10.6 Å². The molecule has 0 aromatic heterocycles. The molecule has 142 valence electrons. The van der Waals surface area contributed by atoms with Gasteiger partial charge in [-0.25, -0.2) is 8.42 Å². The lowest BCUT2D eigenvalue weighted by molar-refractivity contribution is -0.151. The summed E-state index contributed by atoms with van der Waals surface area (Å²) >= 11 is 3.44. The van der Waals surface area contributed by atoms with E-state index < -0.39 is 27.2 Å². The second-order valence-corrected chi connectivity index (χ2v) is 9.50. The minimum Gasteiger partial charge on any atom is -0.459 e. The van der Waals surface area contributed by atoms with Crippen molar-refractivity contribution < 1.29 is 17.9 Å². The van der Waals surface area contributed by atoms with Gasteiger partial charge in [0.2, 0.25) is 0 Å². The standard InChI is InChI=1S/C16H22BrNO4S.C2H6/c1-16(2,3)22-15(19)11-23(20,21)12-6-7-14(13(17)10-12)18-8-4-5-9-18;1-2/h6-7,10H,4-5,8-9,11H2,1-3H3;1-2H3. The van der Waals surface area contributed by atoms with Crippen LogP contribution in [0.2, 0.25) is 0 Å². The second kappa shape index (κ2) is 9.03. The maximum atomic E-state index is 12.4. The van der Waals surface area contributed by atoms with Crippen molar-refractivity contribution in [3.8, 4) is 0 Å². The molecule has 1 aliphatic rings.